The molecule has 0 aliphatic rings. The van der Waals surface area contributed by atoms with Gasteiger partial charge in [0.05, 0.1) is 0 Å². The molecule has 0 heterocycles. The smallest absolute Gasteiger partial charge is 0.265 e. The van der Waals surface area contributed by atoms with Gasteiger partial charge in [-0.2, -0.15) is 0 Å². The van der Waals surface area contributed by atoms with Crippen LogP contribution in [0, 0.1) is 0 Å². The first-order valence-electron chi connectivity index (χ1n) is 4.05. The largest absolute Gasteiger partial charge is 0.298 e. The number of ketones is 1. The number of hydrogen-bond donors (Lipinski definition) is 0. The molecule has 0 saturated heterocycles. The van der Waals surface area contributed by atoms with Crippen molar-refractivity contribution in [3.05, 3.63) is 33.3 Å². The Bertz CT molecular complexity index is 416. The summed E-state index contributed by atoms with van der Waals surface area (Å²) in [5.74, 6) is -0.278. The van der Waals surface area contributed by atoms with E-state index in [-0.39, 0.29) is 26.9 Å². The topological polar surface area (TPSA) is 34.1 Å². The van der Waals surface area contributed by atoms with E-state index in [4.69, 9.17) is 0 Å². The Balaban J connectivity index is 3.43. The molecule has 0 unspecified atom stereocenters. The second kappa shape index (κ2) is 4.61. The van der Waals surface area contributed by atoms with Crippen molar-refractivity contribution in [3.63, 3.8) is 0 Å². The van der Waals surface area contributed by atoms with Crippen LogP contribution in [0.2, 0.25) is 0 Å². The molecule has 1 rings (SSSR count). The summed E-state index contributed by atoms with van der Waals surface area (Å²) in [6.07, 6.45) is -2.43. The monoisotopic (exact) mass is 276 g/mol. The third-order valence-electron chi connectivity index (χ3n) is 1.91. The maximum atomic E-state index is 12.5. The first-order valence-corrected chi connectivity index (χ1v) is 4.84. The van der Waals surface area contributed by atoms with Gasteiger partial charge in [-0.05, 0) is 19.1 Å². The summed E-state index contributed by atoms with van der Waals surface area (Å²) in [6.45, 7) is 1.30. The number of halogens is 3. The van der Waals surface area contributed by atoms with Gasteiger partial charge in [-0.3, -0.25) is 9.59 Å². The zero-order valence-corrected chi connectivity index (χ0v) is 9.35. The maximum Gasteiger partial charge on any atom is 0.265 e. The van der Waals surface area contributed by atoms with E-state index in [0.717, 1.165) is 0 Å². The van der Waals surface area contributed by atoms with Gasteiger partial charge in [-0.15, -0.1) is 0 Å². The highest BCUT2D eigenvalue weighted by Crippen LogP contribution is 2.31. The summed E-state index contributed by atoms with van der Waals surface area (Å²) >= 11 is 2.92. The van der Waals surface area contributed by atoms with Crippen LogP contribution >= 0.6 is 15.9 Å². The van der Waals surface area contributed by atoms with Gasteiger partial charge >= 0.3 is 0 Å². The summed E-state index contributed by atoms with van der Waals surface area (Å²) in [4.78, 5) is 21.6. The summed E-state index contributed by atoms with van der Waals surface area (Å²) in [5.41, 5.74) is -0.312. The second-order valence-corrected chi connectivity index (χ2v) is 3.79. The van der Waals surface area contributed by atoms with Crippen molar-refractivity contribution < 1.29 is 18.4 Å². The normalized spacial score (nSPS) is 10.5. The van der Waals surface area contributed by atoms with Crippen molar-refractivity contribution >= 4 is 28.0 Å². The molecular formula is C10H7BrF2O2. The summed E-state index contributed by atoms with van der Waals surface area (Å²) in [6, 6.07) is 2.46. The van der Waals surface area contributed by atoms with Crippen LogP contribution in [0.25, 0.3) is 0 Å². The fourth-order valence-corrected chi connectivity index (χ4v) is 1.82. The third kappa shape index (κ3) is 2.47. The quantitative estimate of drug-likeness (QED) is 0.626. The molecule has 0 spiro atoms. The SMILES string of the molecule is CC(=O)c1cc(Br)c(C(F)F)c(C=O)c1. The van der Waals surface area contributed by atoms with Gasteiger partial charge in [0, 0.05) is 21.2 Å². The van der Waals surface area contributed by atoms with Gasteiger partial charge in [0.2, 0.25) is 0 Å². The molecule has 1 aromatic carbocycles. The van der Waals surface area contributed by atoms with E-state index in [1.807, 2.05) is 0 Å². The van der Waals surface area contributed by atoms with E-state index in [2.05, 4.69) is 15.9 Å². The van der Waals surface area contributed by atoms with Gasteiger partial charge in [0.15, 0.2) is 12.1 Å². The molecule has 1 aromatic rings. The lowest BCUT2D eigenvalue weighted by atomic mass is 10.0. The average molecular weight is 277 g/mol. The summed E-state index contributed by atoms with van der Waals surface area (Å²) in [7, 11) is 0. The van der Waals surface area contributed by atoms with Crippen LogP contribution in [0.1, 0.15) is 39.6 Å². The highest BCUT2D eigenvalue weighted by molar-refractivity contribution is 9.10. The molecule has 2 nitrogen and oxygen atoms in total. The molecule has 0 aromatic heterocycles. The van der Waals surface area contributed by atoms with Gasteiger partial charge in [-0.25, -0.2) is 8.78 Å². The number of alkyl halides is 2. The van der Waals surface area contributed by atoms with Crippen LogP contribution in [0.4, 0.5) is 8.78 Å². The lowest BCUT2D eigenvalue weighted by Crippen LogP contribution is -2.00. The number of Topliss-reactive ketones (excluding diaryl/α,β-unsaturated/α-hetero) is 1. The van der Waals surface area contributed by atoms with Gasteiger partial charge < -0.3 is 0 Å². The number of carbonyl (C=O) groups excluding carboxylic acids is 2. The van der Waals surface area contributed by atoms with Crippen LogP contribution in [-0.4, -0.2) is 12.1 Å². The lowest BCUT2D eigenvalue weighted by Gasteiger charge is -2.08. The Morgan fingerprint density at radius 3 is 2.47 bits per heavy atom. The fraction of sp³-hybridized carbons (Fsp3) is 0.200. The van der Waals surface area contributed by atoms with Crippen LogP contribution in [0.5, 0.6) is 0 Å². The molecule has 0 aliphatic heterocycles. The zero-order valence-electron chi connectivity index (χ0n) is 7.76. The van der Waals surface area contributed by atoms with Crippen molar-refractivity contribution in [2.45, 2.75) is 13.3 Å². The first-order chi connectivity index (χ1) is 6.97. The molecular weight excluding hydrogens is 270 g/mol. The third-order valence-corrected chi connectivity index (χ3v) is 2.57. The molecule has 0 radical (unpaired) electrons. The van der Waals surface area contributed by atoms with Crippen LogP contribution in [0.3, 0.4) is 0 Å². The predicted octanol–water partition coefficient (Wildman–Crippen LogP) is 3.40. The van der Waals surface area contributed by atoms with E-state index in [9.17, 15) is 18.4 Å². The molecule has 80 valence electrons. The Morgan fingerprint density at radius 2 is 2.07 bits per heavy atom. The van der Waals surface area contributed by atoms with Gasteiger partial charge in [-0.1, -0.05) is 15.9 Å². The van der Waals surface area contributed by atoms with Crippen molar-refractivity contribution in [1.82, 2.24) is 0 Å². The minimum atomic E-state index is -2.75. The van der Waals surface area contributed by atoms with Crippen LogP contribution < -0.4 is 0 Å². The highest BCUT2D eigenvalue weighted by atomic mass is 79.9. The van der Waals surface area contributed by atoms with Gasteiger partial charge in [0.1, 0.15) is 0 Å². The molecule has 15 heavy (non-hydrogen) atoms. The standard InChI is InChI=1S/C10H7BrF2O2/c1-5(15)6-2-7(4-14)9(10(12)13)8(11)3-6/h2-4,10H,1H3. The second-order valence-electron chi connectivity index (χ2n) is 2.94. The lowest BCUT2D eigenvalue weighted by molar-refractivity contribution is 0.101. The Kier molecular flexibility index (Phi) is 3.68. The number of benzene rings is 1. The molecule has 0 N–H and O–H groups in total. The number of aldehydes is 1. The minimum absolute atomic E-state index is 0.0762. The molecule has 0 aliphatic carbocycles. The fourth-order valence-electron chi connectivity index (χ4n) is 1.17. The molecule has 0 amide bonds. The zero-order chi connectivity index (χ0) is 11.6. The van der Waals surface area contributed by atoms with E-state index in [0.29, 0.717) is 6.29 Å². The number of rotatable bonds is 3. The maximum absolute atomic E-state index is 12.5. The Morgan fingerprint density at radius 1 is 1.47 bits per heavy atom. The molecule has 0 atom stereocenters. The van der Waals surface area contributed by atoms with E-state index in [1.54, 1.807) is 0 Å². The van der Waals surface area contributed by atoms with Crippen molar-refractivity contribution in [2.75, 3.05) is 0 Å². The minimum Gasteiger partial charge on any atom is -0.298 e. The number of hydrogen-bond acceptors (Lipinski definition) is 2. The molecule has 0 bridgehead atoms. The number of carbonyl (C=O) groups is 2. The highest BCUT2D eigenvalue weighted by Gasteiger charge is 2.18. The van der Waals surface area contributed by atoms with Crippen molar-refractivity contribution in [1.29, 1.82) is 0 Å². The van der Waals surface area contributed by atoms with E-state index in [1.165, 1.54) is 19.1 Å². The Hall–Kier alpha value is -1.10. The van der Waals surface area contributed by atoms with Crippen molar-refractivity contribution in [2.24, 2.45) is 0 Å². The van der Waals surface area contributed by atoms with E-state index < -0.39 is 6.43 Å². The summed E-state index contributed by atoms with van der Waals surface area (Å²) in [5, 5.41) is 0. The Labute approximate surface area is 93.4 Å². The van der Waals surface area contributed by atoms with Gasteiger partial charge in [0.25, 0.3) is 6.43 Å². The summed E-state index contributed by atoms with van der Waals surface area (Å²) < 4.78 is 25.1. The van der Waals surface area contributed by atoms with Crippen molar-refractivity contribution in [3.8, 4) is 0 Å². The predicted molar refractivity (Wildman–Crippen MR) is 54.5 cm³/mol. The van der Waals surface area contributed by atoms with Crippen LogP contribution in [0.15, 0.2) is 16.6 Å². The molecule has 0 saturated carbocycles. The average Bonchev–Trinajstić information content (AvgIpc) is 2.15. The molecule has 0 fully saturated rings. The first kappa shape index (κ1) is 12.0. The van der Waals surface area contributed by atoms with Crippen LogP contribution in [-0.2, 0) is 0 Å². The molecule has 5 heteroatoms. The van der Waals surface area contributed by atoms with E-state index >= 15 is 0 Å².